The largest absolute Gasteiger partial charge is 0.385 e. The number of hydrogen-bond acceptors (Lipinski definition) is 4. The molecule has 2 N–H and O–H groups in total. The van der Waals surface area contributed by atoms with Crippen LogP contribution in [0.15, 0.2) is 96.1 Å². The lowest BCUT2D eigenvalue weighted by Crippen LogP contribution is -2.44. The summed E-state index contributed by atoms with van der Waals surface area (Å²) >= 11 is 6.21. The molecule has 0 aliphatic heterocycles. The highest BCUT2D eigenvalue weighted by Crippen LogP contribution is 2.36. The summed E-state index contributed by atoms with van der Waals surface area (Å²) < 4.78 is 40.8. The average Bonchev–Trinajstić information content (AvgIpc) is 3.09. The summed E-state index contributed by atoms with van der Waals surface area (Å²) in [4.78, 5) is 4.08. The molecular formula is C46H58ClF3N2O2. The van der Waals surface area contributed by atoms with Crippen LogP contribution in [-0.4, -0.2) is 72.5 Å². The van der Waals surface area contributed by atoms with E-state index in [1.54, 1.807) is 42.5 Å². The minimum atomic E-state index is -1.31. The third-order valence-corrected chi connectivity index (χ3v) is 10.6. The van der Waals surface area contributed by atoms with Crippen molar-refractivity contribution < 1.29 is 23.4 Å². The number of aryl methyl sites for hydroxylation is 2. The maximum atomic E-state index is 14.4. The predicted octanol–water partition coefficient (Wildman–Crippen LogP) is 10.2. The number of halogens is 4. The minimum absolute atomic E-state index is 0.0316. The van der Waals surface area contributed by atoms with Crippen LogP contribution in [0.4, 0.5) is 13.2 Å². The van der Waals surface area contributed by atoms with Crippen molar-refractivity contribution >= 4 is 23.8 Å². The zero-order chi connectivity index (χ0) is 40.4. The number of hydrogen-bond donors (Lipinski definition) is 2. The normalized spacial score (nSPS) is 15.7. The quantitative estimate of drug-likeness (QED) is 0.134. The van der Waals surface area contributed by atoms with E-state index in [4.69, 9.17) is 11.6 Å². The SMILES string of the molecule is CC(=Cc1ccc(F)cc1)C(O)(Cc1c(F)cccc1Cl)C(C)CN(C)C.CC(=Cc1ccc(F)cc1)C(O)(Cc1cc(C)ccc1C)C(C)CN(C)C. The maximum Gasteiger partial charge on any atom is 0.128 e. The van der Waals surface area contributed by atoms with Gasteiger partial charge in [0.05, 0.1) is 11.2 Å². The Hall–Kier alpha value is -3.72. The summed E-state index contributed by atoms with van der Waals surface area (Å²) in [5.41, 5.74) is 4.75. The summed E-state index contributed by atoms with van der Waals surface area (Å²) in [7, 11) is 7.89. The molecule has 0 saturated carbocycles. The molecule has 0 spiro atoms. The van der Waals surface area contributed by atoms with Crippen LogP contribution in [0.2, 0.25) is 5.02 Å². The highest BCUT2D eigenvalue weighted by atomic mass is 35.5. The van der Waals surface area contributed by atoms with Gasteiger partial charge in [0.15, 0.2) is 0 Å². The zero-order valence-corrected chi connectivity index (χ0v) is 34.3. The molecule has 0 radical (unpaired) electrons. The molecule has 0 saturated heterocycles. The van der Waals surface area contributed by atoms with Crippen molar-refractivity contribution in [1.29, 1.82) is 0 Å². The Morgan fingerprint density at radius 1 is 0.685 bits per heavy atom. The second-order valence-corrected chi connectivity index (χ2v) is 15.8. The van der Waals surface area contributed by atoms with Gasteiger partial charge in [-0.3, -0.25) is 0 Å². The van der Waals surface area contributed by atoms with Gasteiger partial charge in [0.25, 0.3) is 0 Å². The van der Waals surface area contributed by atoms with E-state index in [-0.39, 0.29) is 29.9 Å². The standard InChI is InChI=1S/C24H32FNO.C22H26ClF2NO/c1-17-7-8-18(2)22(13-17)15-24(27,20(4)16-26(5)6)19(3)14-21-9-11-23(25)12-10-21;1-15(12-17-8-10-18(24)11-9-17)22(27,16(2)14-26(3)4)13-19-20(23)6-5-7-21(19)25/h7-14,20,27H,15-16H2,1-6H3;5-12,16,27H,13-14H2,1-4H3. The fourth-order valence-corrected chi connectivity index (χ4v) is 7.15. The van der Waals surface area contributed by atoms with E-state index in [1.807, 2.05) is 59.9 Å². The molecule has 4 nitrogen and oxygen atoms in total. The molecule has 292 valence electrons. The molecule has 4 rings (SSSR count). The van der Waals surface area contributed by atoms with Gasteiger partial charge in [-0.05, 0) is 126 Å². The lowest BCUT2D eigenvalue weighted by atomic mass is 9.76. The molecule has 8 heteroatoms. The van der Waals surface area contributed by atoms with Crippen molar-refractivity contribution in [3.05, 3.63) is 152 Å². The van der Waals surface area contributed by atoms with Gasteiger partial charge < -0.3 is 20.0 Å². The first-order chi connectivity index (χ1) is 25.2. The van der Waals surface area contributed by atoms with E-state index in [0.717, 1.165) is 28.8 Å². The molecule has 0 amide bonds. The van der Waals surface area contributed by atoms with Crippen LogP contribution in [0.5, 0.6) is 0 Å². The molecule has 4 aromatic carbocycles. The molecule has 0 aromatic heterocycles. The van der Waals surface area contributed by atoms with Crippen LogP contribution in [0, 0.1) is 43.1 Å². The van der Waals surface area contributed by atoms with Gasteiger partial charge in [0, 0.05) is 48.4 Å². The Balaban J connectivity index is 0.000000290. The third-order valence-electron chi connectivity index (χ3n) is 10.3. The monoisotopic (exact) mass is 762 g/mol. The van der Waals surface area contributed by atoms with E-state index < -0.39 is 17.0 Å². The second-order valence-electron chi connectivity index (χ2n) is 15.4. The van der Waals surface area contributed by atoms with E-state index >= 15 is 0 Å². The summed E-state index contributed by atoms with van der Waals surface area (Å²) in [6.07, 6.45) is 4.38. The molecule has 4 atom stereocenters. The number of benzene rings is 4. The third kappa shape index (κ3) is 12.4. The highest BCUT2D eigenvalue weighted by Gasteiger charge is 2.38. The van der Waals surface area contributed by atoms with Crippen molar-refractivity contribution in [2.24, 2.45) is 11.8 Å². The van der Waals surface area contributed by atoms with E-state index in [2.05, 4.69) is 43.9 Å². The first-order valence-electron chi connectivity index (χ1n) is 18.4. The zero-order valence-electron chi connectivity index (χ0n) is 33.5. The number of rotatable bonds is 14. The molecule has 4 aromatic rings. The van der Waals surface area contributed by atoms with Crippen molar-refractivity contribution in [3.8, 4) is 0 Å². The van der Waals surface area contributed by atoms with Crippen LogP contribution in [0.3, 0.4) is 0 Å². The summed E-state index contributed by atoms with van der Waals surface area (Å²) in [5, 5.41) is 23.7. The summed E-state index contributed by atoms with van der Waals surface area (Å²) in [6.45, 7) is 13.3. The molecule has 54 heavy (non-hydrogen) atoms. The highest BCUT2D eigenvalue weighted by molar-refractivity contribution is 6.31. The Morgan fingerprint density at radius 3 is 1.56 bits per heavy atom. The van der Waals surface area contributed by atoms with Crippen LogP contribution < -0.4 is 0 Å². The van der Waals surface area contributed by atoms with E-state index in [9.17, 15) is 23.4 Å². The summed E-state index contributed by atoms with van der Waals surface area (Å²) in [6, 6.07) is 23.3. The van der Waals surface area contributed by atoms with Gasteiger partial charge in [-0.15, -0.1) is 0 Å². The predicted molar refractivity (Wildman–Crippen MR) is 220 cm³/mol. The van der Waals surface area contributed by atoms with Crippen molar-refractivity contribution in [2.75, 3.05) is 41.3 Å². The minimum Gasteiger partial charge on any atom is -0.385 e. The van der Waals surface area contributed by atoms with Gasteiger partial charge >= 0.3 is 0 Å². The molecule has 4 unspecified atom stereocenters. The first kappa shape index (κ1) is 44.7. The Bertz CT molecular complexity index is 1850. The average molecular weight is 763 g/mol. The number of aliphatic hydroxyl groups is 2. The molecule has 0 heterocycles. The van der Waals surface area contributed by atoms with E-state index in [1.165, 1.54) is 41.5 Å². The van der Waals surface area contributed by atoms with Gasteiger partial charge in [0.2, 0.25) is 0 Å². The van der Waals surface area contributed by atoms with E-state index in [0.29, 0.717) is 29.1 Å². The molecular weight excluding hydrogens is 705 g/mol. The smallest absolute Gasteiger partial charge is 0.128 e. The molecule has 0 fully saturated rings. The van der Waals surface area contributed by atoms with Gasteiger partial charge in [-0.1, -0.05) is 91.7 Å². The van der Waals surface area contributed by atoms with Crippen molar-refractivity contribution in [1.82, 2.24) is 9.80 Å². The Kier molecular flexibility index (Phi) is 16.3. The number of nitrogens with zero attached hydrogens (tertiary/aromatic N) is 2. The van der Waals surface area contributed by atoms with Gasteiger partial charge in [-0.25, -0.2) is 13.2 Å². The maximum absolute atomic E-state index is 14.4. The molecule has 0 aliphatic rings. The lowest BCUT2D eigenvalue weighted by Gasteiger charge is -2.37. The summed E-state index contributed by atoms with van der Waals surface area (Å²) in [5.74, 6) is -1.17. The van der Waals surface area contributed by atoms with Crippen LogP contribution in [0.25, 0.3) is 12.2 Å². The topological polar surface area (TPSA) is 46.9 Å². The van der Waals surface area contributed by atoms with Crippen LogP contribution >= 0.6 is 11.6 Å². The molecule has 0 bridgehead atoms. The van der Waals surface area contributed by atoms with Crippen molar-refractivity contribution in [2.45, 2.75) is 65.6 Å². The first-order valence-corrected chi connectivity index (χ1v) is 18.7. The Labute approximate surface area is 326 Å². The fraction of sp³-hybridized carbons (Fsp3) is 0.391. The van der Waals surface area contributed by atoms with Crippen LogP contribution in [-0.2, 0) is 12.8 Å². The van der Waals surface area contributed by atoms with Crippen molar-refractivity contribution in [3.63, 3.8) is 0 Å². The lowest BCUT2D eigenvalue weighted by molar-refractivity contribution is 0.0142. The van der Waals surface area contributed by atoms with Gasteiger partial charge in [0.1, 0.15) is 17.5 Å². The van der Waals surface area contributed by atoms with Gasteiger partial charge in [-0.2, -0.15) is 0 Å². The second kappa shape index (κ2) is 19.7. The molecule has 0 aliphatic carbocycles. The van der Waals surface area contributed by atoms with Crippen LogP contribution in [0.1, 0.15) is 61.1 Å². The fourth-order valence-electron chi connectivity index (χ4n) is 6.92. The Morgan fingerprint density at radius 2 is 1.13 bits per heavy atom.